The smallest absolute Gasteiger partial charge is 0.261 e. The molecule has 1 aromatic heterocycles. The number of aliphatic hydroxyl groups is 1. The van der Waals surface area contributed by atoms with Gasteiger partial charge in [0, 0.05) is 36.5 Å². The molecule has 1 fully saturated rings. The molecule has 7 heteroatoms. The number of hydrogen-bond acceptors (Lipinski definition) is 5. The average molecular weight is 488 g/mol. The van der Waals surface area contributed by atoms with Crippen LogP contribution in [0.1, 0.15) is 51.7 Å². The molecule has 188 valence electrons. The Bertz CT molecular complexity index is 1370. The van der Waals surface area contributed by atoms with Crippen molar-refractivity contribution in [2.24, 2.45) is 5.73 Å². The Morgan fingerprint density at radius 1 is 1.19 bits per heavy atom. The maximum atomic E-state index is 12.8. The van der Waals surface area contributed by atoms with Crippen LogP contribution in [-0.4, -0.2) is 46.2 Å². The van der Waals surface area contributed by atoms with Crippen LogP contribution >= 0.6 is 0 Å². The topological polar surface area (TPSA) is 109 Å². The van der Waals surface area contributed by atoms with Crippen LogP contribution in [0.4, 0.5) is 0 Å². The molecule has 0 radical (unpaired) electrons. The minimum atomic E-state index is -1.17. The van der Waals surface area contributed by atoms with Crippen LogP contribution in [0.3, 0.4) is 0 Å². The summed E-state index contributed by atoms with van der Waals surface area (Å²) in [6, 6.07) is 17.6. The van der Waals surface area contributed by atoms with E-state index in [4.69, 9.17) is 10.5 Å². The molecule has 2 aromatic carbocycles. The first-order valence-electron chi connectivity index (χ1n) is 12.4. The lowest BCUT2D eigenvalue weighted by Gasteiger charge is -2.60. The Hall–Kier alpha value is -3.42. The van der Waals surface area contributed by atoms with Crippen molar-refractivity contribution in [3.05, 3.63) is 98.5 Å². The number of nitrogens with one attached hydrogen (secondary N) is 1. The number of pyridine rings is 1. The second-order valence-electron chi connectivity index (χ2n) is 10.3. The van der Waals surface area contributed by atoms with Crippen LogP contribution in [0.2, 0.25) is 0 Å². The van der Waals surface area contributed by atoms with E-state index in [1.54, 1.807) is 13.2 Å². The maximum absolute atomic E-state index is 12.8. The number of nitrogens with two attached hydrogens (primary N) is 1. The number of aromatic nitrogens is 1. The second-order valence-corrected chi connectivity index (χ2v) is 10.3. The van der Waals surface area contributed by atoms with Gasteiger partial charge in [-0.15, -0.1) is 0 Å². The average Bonchev–Trinajstić information content (AvgIpc) is 2.86. The summed E-state index contributed by atoms with van der Waals surface area (Å²) in [6.45, 7) is 5.65. The largest absolute Gasteiger partial charge is 0.497 e. The molecular weight excluding hydrogens is 454 g/mol. The number of fused-ring (bicyclic) bond motifs is 2. The van der Waals surface area contributed by atoms with E-state index >= 15 is 0 Å². The van der Waals surface area contributed by atoms with Gasteiger partial charge in [0.05, 0.1) is 12.7 Å². The van der Waals surface area contributed by atoms with Crippen molar-refractivity contribution in [2.45, 2.75) is 56.7 Å². The fourth-order valence-electron chi connectivity index (χ4n) is 6.45. The predicted molar refractivity (Wildman–Crippen MR) is 138 cm³/mol. The van der Waals surface area contributed by atoms with Crippen molar-refractivity contribution in [3.8, 4) is 5.75 Å². The normalized spacial score (nSPS) is 25.6. The number of carbonyl (C=O) groups excluding carboxylic acids is 1. The summed E-state index contributed by atoms with van der Waals surface area (Å²) in [4.78, 5) is 29.8. The third-order valence-corrected chi connectivity index (χ3v) is 8.50. The van der Waals surface area contributed by atoms with Gasteiger partial charge in [-0.3, -0.25) is 14.5 Å². The highest BCUT2D eigenvalue weighted by atomic mass is 16.5. The van der Waals surface area contributed by atoms with E-state index in [9.17, 15) is 14.7 Å². The molecule has 2 heterocycles. The molecule has 3 atom stereocenters. The number of likely N-dealkylation sites (tertiary alicyclic amines) is 1. The number of H-pyrrole nitrogens is 1. The Kier molecular flexibility index (Phi) is 6.01. The minimum absolute atomic E-state index is 0.0768. The van der Waals surface area contributed by atoms with Gasteiger partial charge in [0.2, 0.25) is 0 Å². The van der Waals surface area contributed by atoms with Crippen LogP contribution < -0.4 is 16.0 Å². The number of nitrogens with zero attached hydrogens (tertiary/aromatic N) is 1. The molecular formula is C29H33N3O4. The van der Waals surface area contributed by atoms with E-state index in [1.807, 2.05) is 36.4 Å². The third-order valence-electron chi connectivity index (χ3n) is 8.50. The number of rotatable bonds is 5. The first kappa shape index (κ1) is 24.3. The van der Waals surface area contributed by atoms with Gasteiger partial charge in [-0.25, -0.2) is 0 Å². The third kappa shape index (κ3) is 3.74. The van der Waals surface area contributed by atoms with Crippen molar-refractivity contribution in [1.29, 1.82) is 0 Å². The number of amides is 1. The molecule has 3 aromatic rings. The van der Waals surface area contributed by atoms with Gasteiger partial charge < -0.3 is 20.6 Å². The number of piperidine rings is 1. The van der Waals surface area contributed by atoms with Crippen molar-refractivity contribution in [1.82, 2.24) is 9.88 Å². The Balaban J connectivity index is 1.67. The lowest BCUT2D eigenvalue weighted by atomic mass is 9.53. The number of ether oxygens (including phenoxy) is 1. The van der Waals surface area contributed by atoms with Gasteiger partial charge in [-0.1, -0.05) is 36.4 Å². The van der Waals surface area contributed by atoms with Crippen LogP contribution in [-0.2, 0) is 24.8 Å². The van der Waals surface area contributed by atoms with Crippen molar-refractivity contribution in [3.63, 3.8) is 0 Å². The molecule has 1 aliphatic carbocycles. The van der Waals surface area contributed by atoms with Gasteiger partial charge in [0.1, 0.15) is 11.3 Å². The number of hydrogen-bond donors (Lipinski definition) is 3. The van der Waals surface area contributed by atoms with E-state index in [-0.39, 0.29) is 11.6 Å². The molecule has 36 heavy (non-hydrogen) atoms. The highest BCUT2D eigenvalue weighted by Crippen LogP contribution is 2.53. The molecule has 4 N–H and O–H groups in total. The number of aromatic amines is 1. The zero-order valence-corrected chi connectivity index (χ0v) is 21.0. The zero-order valence-electron chi connectivity index (χ0n) is 21.0. The zero-order chi connectivity index (χ0) is 25.7. The fourth-order valence-corrected chi connectivity index (χ4v) is 6.45. The van der Waals surface area contributed by atoms with Gasteiger partial charge >= 0.3 is 0 Å². The summed E-state index contributed by atoms with van der Waals surface area (Å²) in [5, 5.41) is 12.8. The highest BCUT2D eigenvalue weighted by molar-refractivity contribution is 5.92. The molecule has 5 rings (SSSR count). The maximum Gasteiger partial charge on any atom is 0.261 e. The predicted octanol–water partition coefficient (Wildman–Crippen LogP) is 2.85. The fraction of sp³-hybridized carbons (Fsp3) is 0.379. The number of benzene rings is 2. The molecule has 7 nitrogen and oxygen atoms in total. The first-order valence-corrected chi connectivity index (χ1v) is 12.4. The number of aryl methyl sites for hydroxylation is 1. The quantitative estimate of drug-likeness (QED) is 0.513. The molecule has 0 unspecified atom stereocenters. The number of carbonyl (C=O) groups is 1. The SMILES string of the molecule is COc1ccc(C)c([C@]23CCN(Cc4ccccc4)[C@H](C)[C@]2(O)Cc2cc(C(N)=O)c(=O)[nH]c2C3)c1. The van der Waals surface area contributed by atoms with E-state index in [0.29, 0.717) is 19.3 Å². The minimum Gasteiger partial charge on any atom is -0.497 e. The molecule has 0 spiro atoms. The summed E-state index contributed by atoms with van der Waals surface area (Å²) < 4.78 is 5.57. The molecule has 2 aliphatic rings. The lowest BCUT2D eigenvalue weighted by molar-refractivity contribution is -0.141. The van der Waals surface area contributed by atoms with Crippen molar-refractivity contribution >= 4 is 5.91 Å². The van der Waals surface area contributed by atoms with E-state index in [0.717, 1.165) is 41.2 Å². The van der Waals surface area contributed by atoms with Gasteiger partial charge in [0.25, 0.3) is 11.5 Å². The van der Waals surface area contributed by atoms with E-state index < -0.39 is 22.5 Å². The summed E-state index contributed by atoms with van der Waals surface area (Å²) in [5.74, 6) is -0.0380. The Morgan fingerprint density at radius 2 is 1.94 bits per heavy atom. The van der Waals surface area contributed by atoms with Crippen LogP contribution in [0, 0.1) is 6.92 Å². The standard InChI is InChI=1S/C29H33N3O4/c1-18-9-10-22(36-3)14-24(18)28-11-12-32(17-20-7-5-4-6-8-20)19(2)29(28,35)15-21-13-23(26(30)33)27(34)31-25(21)16-28/h4-10,13-14,19,35H,11-12,15-17H2,1-3H3,(H2,30,33)(H,31,34)/t19-,28-,29-/m1/s1. The van der Waals surface area contributed by atoms with Gasteiger partial charge in [0.15, 0.2) is 0 Å². The second kappa shape index (κ2) is 8.91. The van der Waals surface area contributed by atoms with Crippen molar-refractivity contribution in [2.75, 3.05) is 13.7 Å². The highest BCUT2D eigenvalue weighted by Gasteiger charge is 2.61. The summed E-state index contributed by atoms with van der Waals surface area (Å²) in [5.41, 5.74) is 7.88. The van der Waals surface area contributed by atoms with Gasteiger partial charge in [-0.05, 0) is 67.3 Å². The van der Waals surface area contributed by atoms with Crippen LogP contribution in [0.15, 0.2) is 59.4 Å². The molecule has 1 saturated heterocycles. The monoisotopic (exact) mass is 487 g/mol. The summed E-state index contributed by atoms with van der Waals surface area (Å²) in [6.07, 6.45) is 1.45. The Labute approximate surface area is 210 Å². The summed E-state index contributed by atoms with van der Waals surface area (Å²) >= 11 is 0. The van der Waals surface area contributed by atoms with Crippen LogP contribution in [0.25, 0.3) is 0 Å². The summed E-state index contributed by atoms with van der Waals surface area (Å²) in [7, 11) is 1.64. The Morgan fingerprint density at radius 3 is 2.64 bits per heavy atom. The first-order chi connectivity index (χ1) is 17.2. The molecule has 1 aliphatic heterocycles. The van der Waals surface area contributed by atoms with E-state index in [2.05, 4.69) is 35.9 Å². The number of methoxy groups -OCH3 is 1. The van der Waals surface area contributed by atoms with Crippen LogP contribution in [0.5, 0.6) is 5.75 Å². The number of primary amides is 1. The van der Waals surface area contributed by atoms with Gasteiger partial charge in [-0.2, -0.15) is 0 Å². The van der Waals surface area contributed by atoms with Crippen molar-refractivity contribution < 1.29 is 14.6 Å². The molecule has 0 bridgehead atoms. The molecule has 0 saturated carbocycles. The van der Waals surface area contributed by atoms with E-state index in [1.165, 1.54) is 5.56 Å². The molecule has 1 amide bonds. The lowest BCUT2D eigenvalue weighted by Crippen LogP contribution is -2.70.